The Balaban J connectivity index is 1.92. The second-order valence-electron chi connectivity index (χ2n) is 9.92. The van der Waals surface area contributed by atoms with E-state index in [-0.39, 0.29) is 52.9 Å². The van der Waals surface area contributed by atoms with E-state index in [0.717, 1.165) is 18.4 Å². The van der Waals surface area contributed by atoms with Crippen LogP contribution in [-0.2, 0) is 12.8 Å². The van der Waals surface area contributed by atoms with E-state index in [1.54, 1.807) is 6.07 Å². The van der Waals surface area contributed by atoms with Crippen LogP contribution in [0.2, 0.25) is 0 Å². The minimum Gasteiger partial charge on any atom is -0.508 e. The van der Waals surface area contributed by atoms with E-state index in [1.165, 1.54) is 23.3 Å². The molecule has 36 heavy (non-hydrogen) atoms. The Hall–Kier alpha value is -3.67. The van der Waals surface area contributed by atoms with E-state index >= 15 is 0 Å². The van der Waals surface area contributed by atoms with Crippen LogP contribution in [0.15, 0.2) is 53.1 Å². The third-order valence-corrected chi connectivity index (χ3v) is 6.39. The van der Waals surface area contributed by atoms with E-state index in [1.807, 2.05) is 32.9 Å². The molecule has 0 aliphatic carbocycles. The molecule has 0 spiro atoms. The molecule has 0 fully saturated rings. The smallest absolute Gasteiger partial charge is 0.181 e. The van der Waals surface area contributed by atoms with E-state index in [2.05, 4.69) is 19.9 Å². The van der Waals surface area contributed by atoms with Crippen LogP contribution < -0.4 is 4.74 Å². The minimum absolute atomic E-state index is 0.00903. The molecular weight excluding hydrogens is 456 g/mol. The van der Waals surface area contributed by atoms with Crippen molar-refractivity contribution in [2.75, 3.05) is 6.61 Å². The van der Waals surface area contributed by atoms with Gasteiger partial charge in [-0.1, -0.05) is 34.9 Å². The van der Waals surface area contributed by atoms with Gasteiger partial charge in [-0.2, -0.15) is 0 Å². The average molecular weight is 493 g/mol. The first kappa shape index (κ1) is 26.9. The molecular formula is C30H36O6. The number of Topliss-reactive ketones (excluding diaryl/α,β-unsaturated/α-hetero) is 1. The van der Waals surface area contributed by atoms with Gasteiger partial charge in [0, 0.05) is 23.3 Å². The number of fused-ring (bicyclic) bond motifs is 1. The van der Waals surface area contributed by atoms with Gasteiger partial charge in [0.05, 0.1) is 5.92 Å². The third-order valence-electron chi connectivity index (χ3n) is 6.39. The molecule has 1 unspecified atom stereocenters. The van der Waals surface area contributed by atoms with E-state index < -0.39 is 11.7 Å². The van der Waals surface area contributed by atoms with Crippen LogP contribution in [0.3, 0.4) is 0 Å². The first-order valence-corrected chi connectivity index (χ1v) is 12.2. The quantitative estimate of drug-likeness (QED) is 0.309. The Bertz CT molecular complexity index is 1240. The second kappa shape index (κ2) is 11.4. The molecule has 3 rings (SSSR count). The second-order valence-corrected chi connectivity index (χ2v) is 9.92. The lowest BCUT2D eigenvalue weighted by atomic mass is 9.85. The number of hydrogen-bond acceptors (Lipinski definition) is 6. The van der Waals surface area contributed by atoms with Gasteiger partial charge in [-0.05, 0) is 71.9 Å². The number of phenolic OH excluding ortho intramolecular Hbond substituents is 4. The van der Waals surface area contributed by atoms with Gasteiger partial charge in [-0.15, -0.1) is 0 Å². The number of phenols is 4. The number of carbonyl (C=O) groups excluding carboxylic acids is 1. The Morgan fingerprint density at radius 2 is 1.58 bits per heavy atom. The molecule has 4 N–H and O–H groups in total. The van der Waals surface area contributed by atoms with Gasteiger partial charge in [0.15, 0.2) is 5.78 Å². The zero-order valence-corrected chi connectivity index (χ0v) is 21.7. The standard InChI is InChI=1S/C30H36O6/c1-17(2)7-6-8-19(5)10-11-20-13-22(25(32)14-24(20)31)23-16-36-27-15-26(33)21(12-9-18(3)4)29(34)28(27)30(23)35/h7,9-10,13-15,23,31-34H,6,8,11-12,16H2,1-5H3/b19-10+. The molecule has 6 heteroatoms. The molecule has 2 aromatic rings. The van der Waals surface area contributed by atoms with Crippen LogP contribution in [0, 0.1) is 0 Å². The van der Waals surface area contributed by atoms with Gasteiger partial charge in [0.2, 0.25) is 0 Å². The van der Waals surface area contributed by atoms with Crippen molar-refractivity contribution in [3.8, 4) is 28.7 Å². The summed E-state index contributed by atoms with van der Waals surface area (Å²) in [7, 11) is 0. The predicted molar refractivity (Wildman–Crippen MR) is 141 cm³/mol. The SMILES string of the molecule is CC(C)=CCC/C(C)=C/Cc1cc(C2COc3cc(O)c(CC=C(C)C)c(O)c3C2=O)c(O)cc1O. The summed E-state index contributed by atoms with van der Waals surface area (Å²) in [5.41, 5.74) is 4.61. The Morgan fingerprint density at radius 3 is 2.25 bits per heavy atom. The van der Waals surface area contributed by atoms with Crippen LogP contribution in [0.25, 0.3) is 0 Å². The normalized spacial score (nSPS) is 15.2. The molecule has 0 amide bonds. The molecule has 0 aromatic heterocycles. The van der Waals surface area contributed by atoms with Crippen molar-refractivity contribution in [3.63, 3.8) is 0 Å². The Labute approximate surface area is 212 Å². The van der Waals surface area contributed by atoms with E-state index in [4.69, 9.17) is 4.74 Å². The number of ketones is 1. The van der Waals surface area contributed by atoms with Gasteiger partial charge in [-0.3, -0.25) is 4.79 Å². The summed E-state index contributed by atoms with van der Waals surface area (Å²) >= 11 is 0. The fraction of sp³-hybridized carbons (Fsp3) is 0.367. The molecule has 192 valence electrons. The Morgan fingerprint density at radius 1 is 0.889 bits per heavy atom. The first-order valence-electron chi connectivity index (χ1n) is 12.2. The summed E-state index contributed by atoms with van der Waals surface area (Å²) < 4.78 is 5.74. The van der Waals surface area contributed by atoms with Crippen LogP contribution in [0.4, 0.5) is 0 Å². The lowest BCUT2D eigenvalue weighted by Crippen LogP contribution is -2.26. The summed E-state index contributed by atoms with van der Waals surface area (Å²) in [6.07, 6.45) is 8.63. The van der Waals surface area contributed by atoms with Gasteiger partial charge >= 0.3 is 0 Å². The highest BCUT2D eigenvalue weighted by Gasteiger charge is 2.36. The zero-order valence-electron chi connectivity index (χ0n) is 21.7. The maximum absolute atomic E-state index is 13.5. The first-order chi connectivity index (χ1) is 17.0. The lowest BCUT2D eigenvalue weighted by molar-refractivity contribution is 0.0889. The Kier molecular flexibility index (Phi) is 8.51. The van der Waals surface area contributed by atoms with Crippen molar-refractivity contribution in [1.29, 1.82) is 0 Å². The topological polar surface area (TPSA) is 107 Å². The summed E-state index contributed by atoms with van der Waals surface area (Å²) in [4.78, 5) is 13.5. The molecule has 0 saturated heterocycles. The van der Waals surface area contributed by atoms with Crippen molar-refractivity contribution < 1.29 is 30.0 Å². The zero-order chi connectivity index (χ0) is 26.6. The number of allylic oxidation sites excluding steroid dienone is 6. The van der Waals surface area contributed by atoms with Crippen molar-refractivity contribution in [2.24, 2.45) is 0 Å². The highest BCUT2D eigenvalue weighted by Crippen LogP contribution is 2.45. The van der Waals surface area contributed by atoms with Crippen LogP contribution in [0.5, 0.6) is 28.7 Å². The van der Waals surface area contributed by atoms with Crippen LogP contribution in [-0.4, -0.2) is 32.8 Å². The maximum Gasteiger partial charge on any atom is 0.181 e. The largest absolute Gasteiger partial charge is 0.508 e. The predicted octanol–water partition coefficient (Wildman–Crippen LogP) is 6.61. The van der Waals surface area contributed by atoms with E-state index in [0.29, 0.717) is 17.5 Å². The summed E-state index contributed by atoms with van der Waals surface area (Å²) in [6.45, 7) is 9.92. The number of rotatable bonds is 8. The summed E-state index contributed by atoms with van der Waals surface area (Å²) in [5.74, 6) is -1.89. The van der Waals surface area contributed by atoms with Crippen molar-refractivity contribution in [1.82, 2.24) is 0 Å². The van der Waals surface area contributed by atoms with Gasteiger partial charge < -0.3 is 25.2 Å². The average Bonchev–Trinajstić information content (AvgIpc) is 2.78. The number of benzene rings is 2. The number of ether oxygens (including phenoxy) is 1. The van der Waals surface area contributed by atoms with E-state index in [9.17, 15) is 25.2 Å². The lowest BCUT2D eigenvalue weighted by Gasteiger charge is -2.27. The fourth-order valence-corrected chi connectivity index (χ4v) is 4.24. The molecule has 1 atom stereocenters. The monoisotopic (exact) mass is 492 g/mol. The van der Waals surface area contributed by atoms with Gasteiger partial charge in [0.1, 0.15) is 40.9 Å². The number of carbonyl (C=O) groups is 1. The fourth-order valence-electron chi connectivity index (χ4n) is 4.24. The third kappa shape index (κ3) is 6.11. The van der Waals surface area contributed by atoms with Crippen molar-refractivity contribution in [2.45, 2.75) is 66.2 Å². The molecule has 2 aromatic carbocycles. The number of hydrogen-bond donors (Lipinski definition) is 4. The molecule has 0 radical (unpaired) electrons. The molecule has 0 saturated carbocycles. The molecule has 6 nitrogen and oxygen atoms in total. The highest BCUT2D eigenvalue weighted by molar-refractivity contribution is 6.07. The van der Waals surface area contributed by atoms with Gasteiger partial charge in [0.25, 0.3) is 0 Å². The van der Waals surface area contributed by atoms with Crippen molar-refractivity contribution >= 4 is 5.78 Å². The molecule has 1 aliphatic heterocycles. The summed E-state index contributed by atoms with van der Waals surface area (Å²) in [5, 5.41) is 42.3. The highest BCUT2D eigenvalue weighted by atomic mass is 16.5. The molecule has 1 aliphatic rings. The van der Waals surface area contributed by atoms with Crippen LogP contribution in [0.1, 0.15) is 80.4 Å². The van der Waals surface area contributed by atoms with Crippen LogP contribution >= 0.6 is 0 Å². The van der Waals surface area contributed by atoms with Crippen molar-refractivity contribution in [3.05, 3.63) is 75.4 Å². The molecule has 1 heterocycles. The van der Waals surface area contributed by atoms with Gasteiger partial charge in [-0.25, -0.2) is 0 Å². The minimum atomic E-state index is -0.869. The summed E-state index contributed by atoms with van der Waals surface area (Å²) in [6, 6.07) is 4.22. The maximum atomic E-state index is 13.5. The molecule has 0 bridgehead atoms. The number of aromatic hydroxyl groups is 4.